The van der Waals surface area contributed by atoms with Gasteiger partial charge in [0.2, 0.25) is 0 Å². The number of hydrogen-bond acceptors (Lipinski definition) is 4. The van der Waals surface area contributed by atoms with Gasteiger partial charge in [-0.15, -0.1) is 0 Å². The van der Waals surface area contributed by atoms with Crippen molar-refractivity contribution in [3.05, 3.63) is 23.4 Å². The highest BCUT2D eigenvalue weighted by atomic mass is 16.3. The minimum Gasteiger partial charge on any atom is -0.395 e. The van der Waals surface area contributed by atoms with Crippen molar-refractivity contribution in [1.29, 1.82) is 0 Å². The fourth-order valence-electron chi connectivity index (χ4n) is 3.04. The van der Waals surface area contributed by atoms with Crippen LogP contribution in [0.1, 0.15) is 43.2 Å². The molecule has 1 aliphatic rings. The third kappa shape index (κ3) is 3.25. The standard InChI is InChI=1S/C15H25N3O/c1-12-7-8-17-15(14(12)11-16)18(9-10-19)13-5-3-2-4-6-13/h7-8,13,19H,2-6,9-11,16H2,1H3. The van der Waals surface area contributed by atoms with E-state index in [9.17, 15) is 5.11 Å². The molecule has 1 heterocycles. The first-order chi connectivity index (χ1) is 9.27. The molecule has 0 aliphatic heterocycles. The second-order valence-electron chi connectivity index (χ2n) is 5.34. The SMILES string of the molecule is Cc1ccnc(N(CCO)C2CCCCC2)c1CN. The van der Waals surface area contributed by atoms with Gasteiger partial charge in [-0.3, -0.25) is 0 Å². The molecule has 1 aromatic rings. The lowest BCUT2D eigenvalue weighted by Gasteiger charge is -2.36. The Kier molecular flexibility index (Phi) is 5.16. The van der Waals surface area contributed by atoms with Crippen molar-refractivity contribution in [2.45, 2.75) is 51.6 Å². The Bertz CT molecular complexity index is 402. The molecule has 19 heavy (non-hydrogen) atoms. The Morgan fingerprint density at radius 2 is 2.11 bits per heavy atom. The maximum Gasteiger partial charge on any atom is 0.133 e. The Morgan fingerprint density at radius 3 is 2.74 bits per heavy atom. The number of rotatable bonds is 5. The van der Waals surface area contributed by atoms with Gasteiger partial charge in [-0.05, 0) is 31.4 Å². The molecule has 0 aromatic carbocycles. The lowest BCUT2D eigenvalue weighted by atomic mass is 9.93. The molecule has 0 radical (unpaired) electrons. The summed E-state index contributed by atoms with van der Waals surface area (Å²) in [7, 11) is 0. The second-order valence-corrected chi connectivity index (χ2v) is 5.34. The number of aryl methyl sites for hydroxylation is 1. The van der Waals surface area contributed by atoms with Crippen molar-refractivity contribution in [2.24, 2.45) is 5.73 Å². The molecule has 1 aliphatic carbocycles. The van der Waals surface area contributed by atoms with Crippen molar-refractivity contribution >= 4 is 5.82 Å². The smallest absolute Gasteiger partial charge is 0.133 e. The van der Waals surface area contributed by atoms with Crippen LogP contribution in [-0.4, -0.2) is 29.3 Å². The molecule has 0 amide bonds. The highest BCUT2D eigenvalue weighted by Gasteiger charge is 2.24. The Hall–Kier alpha value is -1.13. The minimum absolute atomic E-state index is 0.163. The van der Waals surface area contributed by atoms with Gasteiger partial charge in [-0.2, -0.15) is 0 Å². The van der Waals surface area contributed by atoms with E-state index < -0.39 is 0 Å². The van der Waals surface area contributed by atoms with Crippen LogP contribution < -0.4 is 10.6 Å². The maximum absolute atomic E-state index is 9.36. The lowest BCUT2D eigenvalue weighted by molar-refractivity contribution is 0.289. The highest BCUT2D eigenvalue weighted by molar-refractivity contribution is 5.51. The summed E-state index contributed by atoms with van der Waals surface area (Å²) in [6.45, 7) is 3.39. The maximum atomic E-state index is 9.36. The van der Waals surface area contributed by atoms with Crippen LogP contribution >= 0.6 is 0 Å². The lowest BCUT2D eigenvalue weighted by Crippen LogP contribution is -2.40. The van der Waals surface area contributed by atoms with Crippen molar-refractivity contribution in [3.63, 3.8) is 0 Å². The van der Waals surface area contributed by atoms with Crippen molar-refractivity contribution in [3.8, 4) is 0 Å². The number of aromatic nitrogens is 1. The van der Waals surface area contributed by atoms with Crippen molar-refractivity contribution < 1.29 is 5.11 Å². The van der Waals surface area contributed by atoms with E-state index >= 15 is 0 Å². The van der Waals surface area contributed by atoms with Gasteiger partial charge in [0.15, 0.2) is 0 Å². The van der Waals surface area contributed by atoms with Crippen LogP contribution in [0.5, 0.6) is 0 Å². The van der Waals surface area contributed by atoms with Gasteiger partial charge in [0, 0.05) is 30.9 Å². The molecule has 1 aromatic heterocycles. The first-order valence-electron chi connectivity index (χ1n) is 7.30. The number of anilines is 1. The number of aliphatic hydroxyl groups excluding tert-OH is 1. The third-order valence-electron chi connectivity index (χ3n) is 4.10. The molecule has 3 N–H and O–H groups in total. The molecule has 106 valence electrons. The van der Waals surface area contributed by atoms with Gasteiger partial charge in [0.25, 0.3) is 0 Å². The molecule has 0 spiro atoms. The quantitative estimate of drug-likeness (QED) is 0.852. The van der Waals surface area contributed by atoms with Gasteiger partial charge >= 0.3 is 0 Å². The van der Waals surface area contributed by atoms with E-state index in [0.29, 0.717) is 19.1 Å². The van der Waals surface area contributed by atoms with Crippen LogP contribution in [-0.2, 0) is 6.54 Å². The summed E-state index contributed by atoms with van der Waals surface area (Å²) in [6, 6.07) is 2.50. The number of nitrogens with two attached hydrogens (primary N) is 1. The van der Waals surface area contributed by atoms with Crippen LogP contribution in [0.2, 0.25) is 0 Å². The summed E-state index contributed by atoms with van der Waals surface area (Å²) in [5.74, 6) is 0.975. The monoisotopic (exact) mass is 263 g/mol. The zero-order valence-electron chi connectivity index (χ0n) is 11.8. The Labute approximate surface area is 115 Å². The molecule has 1 saturated carbocycles. The van der Waals surface area contributed by atoms with E-state index in [2.05, 4.69) is 16.8 Å². The molecular formula is C15H25N3O. The molecule has 0 bridgehead atoms. The van der Waals surface area contributed by atoms with E-state index in [1.54, 1.807) is 0 Å². The van der Waals surface area contributed by atoms with Gasteiger partial charge in [0.05, 0.1) is 6.61 Å². The average Bonchev–Trinajstić information content (AvgIpc) is 2.45. The summed E-state index contributed by atoms with van der Waals surface area (Å²) < 4.78 is 0. The van der Waals surface area contributed by atoms with E-state index in [0.717, 1.165) is 11.4 Å². The van der Waals surface area contributed by atoms with Crippen LogP contribution in [0, 0.1) is 6.92 Å². The summed E-state index contributed by atoms with van der Waals surface area (Å²) in [4.78, 5) is 6.81. The van der Waals surface area contributed by atoms with Crippen LogP contribution in [0.4, 0.5) is 5.82 Å². The molecule has 4 nitrogen and oxygen atoms in total. The predicted molar refractivity (Wildman–Crippen MR) is 78.2 cm³/mol. The highest BCUT2D eigenvalue weighted by Crippen LogP contribution is 2.29. The van der Waals surface area contributed by atoms with Crippen molar-refractivity contribution in [1.82, 2.24) is 4.98 Å². The fourth-order valence-corrected chi connectivity index (χ4v) is 3.04. The number of aliphatic hydroxyl groups is 1. The normalized spacial score (nSPS) is 16.6. The minimum atomic E-state index is 0.163. The van der Waals surface area contributed by atoms with Crippen LogP contribution in [0.3, 0.4) is 0 Å². The van der Waals surface area contributed by atoms with Crippen molar-refractivity contribution in [2.75, 3.05) is 18.1 Å². The predicted octanol–water partition coefficient (Wildman–Crippen LogP) is 1.98. The van der Waals surface area contributed by atoms with Crippen LogP contribution in [0.15, 0.2) is 12.3 Å². The summed E-state index contributed by atoms with van der Waals surface area (Å²) >= 11 is 0. The summed E-state index contributed by atoms with van der Waals surface area (Å²) in [5.41, 5.74) is 8.18. The third-order valence-corrected chi connectivity index (χ3v) is 4.10. The molecular weight excluding hydrogens is 238 g/mol. The summed E-state index contributed by atoms with van der Waals surface area (Å²) in [5, 5.41) is 9.36. The van der Waals surface area contributed by atoms with Gasteiger partial charge in [0.1, 0.15) is 5.82 Å². The molecule has 0 unspecified atom stereocenters. The first-order valence-corrected chi connectivity index (χ1v) is 7.30. The molecule has 1 fully saturated rings. The Balaban J connectivity index is 2.29. The average molecular weight is 263 g/mol. The number of hydrogen-bond donors (Lipinski definition) is 2. The number of nitrogens with zero attached hydrogens (tertiary/aromatic N) is 2. The molecule has 0 saturated heterocycles. The zero-order chi connectivity index (χ0) is 13.7. The molecule has 0 atom stereocenters. The second kappa shape index (κ2) is 6.87. The summed E-state index contributed by atoms with van der Waals surface area (Å²) in [6.07, 6.45) is 8.11. The topological polar surface area (TPSA) is 62.4 Å². The zero-order valence-corrected chi connectivity index (χ0v) is 11.8. The van der Waals surface area contributed by atoms with Gasteiger partial charge in [-0.1, -0.05) is 19.3 Å². The largest absolute Gasteiger partial charge is 0.395 e. The van der Waals surface area contributed by atoms with E-state index in [-0.39, 0.29) is 6.61 Å². The Morgan fingerprint density at radius 1 is 1.37 bits per heavy atom. The molecule has 2 rings (SSSR count). The van der Waals surface area contributed by atoms with E-state index in [4.69, 9.17) is 5.73 Å². The number of pyridine rings is 1. The fraction of sp³-hybridized carbons (Fsp3) is 0.667. The first kappa shape index (κ1) is 14.3. The van der Waals surface area contributed by atoms with E-state index in [1.165, 1.54) is 37.7 Å². The molecule has 4 heteroatoms. The van der Waals surface area contributed by atoms with Crippen LogP contribution in [0.25, 0.3) is 0 Å². The van der Waals surface area contributed by atoms with Gasteiger partial charge < -0.3 is 15.7 Å². The van der Waals surface area contributed by atoms with Gasteiger partial charge in [-0.25, -0.2) is 4.98 Å². The van der Waals surface area contributed by atoms with E-state index in [1.807, 2.05) is 12.3 Å².